The molecule has 0 aliphatic rings. The SMILES string of the molecule is C#Cc1ccc(COC(Cn2ccnc2)c2ccc(Cl)cc2Cl)c(Cl)c1. The molecular weight excluding hydrogens is 391 g/mol. The summed E-state index contributed by atoms with van der Waals surface area (Å²) in [6.07, 6.45) is 10.4. The van der Waals surface area contributed by atoms with Crippen LogP contribution >= 0.6 is 34.8 Å². The average molecular weight is 406 g/mol. The molecule has 1 atom stereocenters. The summed E-state index contributed by atoms with van der Waals surface area (Å²) in [4.78, 5) is 4.07. The third-order valence-electron chi connectivity index (χ3n) is 3.90. The first kappa shape index (κ1) is 18.8. The number of benzene rings is 2. The van der Waals surface area contributed by atoms with Gasteiger partial charge in [0.05, 0.1) is 19.5 Å². The first-order valence-corrected chi connectivity index (χ1v) is 8.97. The number of imidazole rings is 1. The minimum Gasteiger partial charge on any atom is -0.367 e. The molecule has 1 unspecified atom stereocenters. The third-order valence-corrected chi connectivity index (χ3v) is 4.82. The van der Waals surface area contributed by atoms with Gasteiger partial charge >= 0.3 is 0 Å². The Balaban J connectivity index is 1.83. The zero-order valence-electron chi connectivity index (χ0n) is 13.7. The molecule has 26 heavy (non-hydrogen) atoms. The van der Waals surface area contributed by atoms with Crippen molar-refractivity contribution < 1.29 is 4.74 Å². The quantitative estimate of drug-likeness (QED) is 0.486. The van der Waals surface area contributed by atoms with Gasteiger partial charge in [-0.1, -0.05) is 52.9 Å². The summed E-state index contributed by atoms with van der Waals surface area (Å²) in [5.74, 6) is 2.56. The molecule has 0 fully saturated rings. The first-order valence-electron chi connectivity index (χ1n) is 7.84. The smallest absolute Gasteiger partial charge is 0.102 e. The van der Waals surface area contributed by atoms with Crippen LogP contribution in [0.15, 0.2) is 55.1 Å². The van der Waals surface area contributed by atoms with E-state index in [1.165, 1.54) is 0 Å². The molecule has 0 radical (unpaired) electrons. The van der Waals surface area contributed by atoms with Gasteiger partial charge in [-0.3, -0.25) is 0 Å². The summed E-state index contributed by atoms with van der Waals surface area (Å²) in [5, 5.41) is 1.70. The van der Waals surface area contributed by atoms with Crippen LogP contribution in [0, 0.1) is 12.3 Å². The van der Waals surface area contributed by atoms with Crippen molar-refractivity contribution in [1.82, 2.24) is 9.55 Å². The second kappa shape index (κ2) is 8.62. The molecule has 132 valence electrons. The first-order chi connectivity index (χ1) is 12.6. The van der Waals surface area contributed by atoms with E-state index in [-0.39, 0.29) is 6.10 Å². The van der Waals surface area contributed by atoms with Crippen LogP contribution < -0.4 is 0 Å². The lowest BCUT2D eigenvalue weighted by Gasteiger charge is -2.21. The van der Waals surface area contributed by atoms with Crippen LogP contribution in [-0.2, 0) is 17.9 Å². The summed E-state index contributed by atoms with van der Waals surface area (Å²) >= 11 is 18.7. The summed E-state index contributed by atoms with van der Waals surface area (Å²) in [6, 6.07) is 10.8. The molecule has 6 heteroatoms. The van der Waals surface area contributed by atoms with Gasteiger partial charge < -0.3 is 9.30 Å². The average Bonchev–Trinajstić information content (AvgIpc) is 3.13. The van der Waals surface area contributed by atoms with E-state index in [0.717, 1.165) is 16.7 Å². The molecule has 2 aromatic carbocycles. The normalized spacial score (nSPS) is 11.9. The maximum atomic E-state index is 6.38. The van der Waals surface area contributed by atoms with Gasteiger partial charge in [0.25, 0.3) is 0 Å². The van der Waals surface area contributed by atoms with Crippen molar-refractivity contribution in [2.45, 2.75) is 19.3 Å². The Morgan fingerprint density at radius 2 is 1.96 bits per heavy atom. The standard InChI is InChI=1S/C20H15Cl3N2O/c1-2-14-3-4-15(18(22)9-14)12-26-20(11-25-8-7-24-13-25)17-6-5-16(21)10-19(17)23/h1,3-10,13,20H,11-12H2. The molecule has 0 bridgehead atoms. The molecule has 0 N–H and O–H groups in total. The fourth-order valence-electron chi connectivity index (χ4n) is 2.53. The highest BCUT2D eigenvalue weighted by atomic mass is 35.5. The monoisotopic (exact) mass is 404 g/mol. The summed E-state index contributed by atoms with van der Waals surface area (Å²) < 4.78 is 8.08. The van der Waals surface area contributed by atoms with Crippen molar-refractivity contribution in [3.05, 3.63) is 86.9 Å². The Morgan fingerprint density at radius 3 is 2.62 bits per heavy atom. The molecular formula is C20H15Cl3N2O. The number of hydrogen-bond donors (Lipinski definition) is 0. The predicted molar refractivity (Wildman–Crippen MR) is 106 cm³/mol. The van der Waals surface area contributed by atoms with E-state index in [9.17, 15) is 0 Å². The van der Waals surface area contributed by atoms with Crippen LogP contribution in [0.25, 0.3) is 0 Å². The van der Waals surface area contributed by atoms with Crippen molar-refractivity contribution >= 4 is 34.8 Å². The zero-order valence-corrected chi connectivity index (χ0v) is 16.0. The molecule has 0 aliphatic heterocycles. The zero-order chi connectivity index (χ0) is 18.5. The van der Waals surface area contributed by atoms with Gasteiger partial charge in [0.15, 0.2) is 0 Å². The van der Waals surface area contributed by atoms with E-state index >= 15 is 0 Å². The van der Waals surface area contributed by atoms with Gasteiger partial charge in [0.2, 0.25) is 0 Å². The van der Waals surface area contributed by atoms with Crippen molar-refractivity contribution in [2.75, 3.05) is 0 Å². The Hall–Kier alpha value is -1.96. The largest absolute Gasteiger partial charge is 0.367 e. The molecule has 0 spiro atoms. The van der Waals surface area contributed by atoms with Crippen LogP contribution in [0.4, 0.5) is 0 Å². The molecule has 3 rings (SSSR count). The van der Waals surface area contributed by atoms with Crippen molar-refractivity contribution in [3.8, 4) is 12.3 Å². The van der Waals surface area contributed by atoms with Gasteiger partial charge in [-0.2, -0.15) is 0 Å². The van der Waals surface area contributed by atoms with Crippen LogP contribution in [0.1, 0.15) is 22.8 Å². The Kier molecular flexibility index (Phi) is 6.24. The number of halogens is 3. The Labute approximate surface area is 167 Å². The molecule has 0 saturated heterocycles. The number of hydrogen-bond acceptors (Lipinski definition) is 2. The fraction of sp³-hybridized carbons (Fsp3) is 0.150. The lowest BCUT2D eigenvalue weighted by Crippen LogP contribution is -2.12. The summed E-state index contributed by atoms with van der Waals surface area (Å²) in [7, 11) is 0. The Morgan fingerprint density at radius 1 is 1.12 bits per heavy atom. The second-order valence-corrected chi connectivity index (χ2v) is 6.93. The number of nitrogens with zero attached hydrogens (tertiary/aromatic N) is 2. The van der Waals surface area contributed by atoms with Crippen LogP contribution in [0.5, 0.6) is 0 Å². The van der Waals surface area contributed by atoms with E-state index in [1.54, 1.807) is 30.7 Å². The van der Waals surface area contributed by atoms with Gasteiger partial charge in [-0.15, -0.1) is 6.42 Å². The van der Waals surface area contributed by atoms with Crippen LogP contribution in [0.3, 0.4) is 0 Å². The van der Waals surface area contributed by atoms with Crippen LogP contribution in [0.2, 0.25) is 15.1 Å². The minimum absolute atomic E-state index is 0.294. The van der Waals surface area contributed by atoms with E-state index in [4.69, 9.17) is 46.0 Å². The molecule has 0 aliphatic carbocycles. The molecule has 1 aromatic heterocycles. The third kappa shape index (κ3) is 4.60. The lowest BCUT2D eigenvalue weighted by molar-refractivity contribution is 0.0281. The van der Waals surface area contributed by atoms with E-state index < -0.39 is 0 Å². The highest BCUT2D eigenvalue weighted by molar-refractivity contribution is 6.35. The van der Waals surface area contributed by atoms with E-state index in [0.29, 0.717) is 28.2 Å². The topological polar surface area (TPSA) is 27.1 Å². The lowest BCUT2D eigenvalue weighted by atomic mass is 10.1. The van der Waals surface area contributed by atoms with E-state index in [1.807, 2.05) is 29.0 Å². The summed E-state index contributed by atoms with van der Waals surface area (Å²) in [5.41, 5.74) is 2.43. The van der Waals surface area contributed by atoms with Gasteiger partial charge in [0.1, 0.15) is 6.10 Å². The molecule has 0 saturated carbocycles. The molecule has 0 amide bonds. The summed E-state index contributed by atoms with van der Waals surface area (Å²) in [6.45, 7) is 0.878. The number of aromatic nitrogens is 2. The van der Waals surface area contributed by atoms with E-state index in [2.05, 4.69) is 10.9 Å². The fourth-order valence-corrected chi connectivity index (χ4v) is 3.30. The van der Waals surface area contributed by atoms with Gasteiger partial charge in [0, 0.05) is 38.6 Å². The number of terminal acetylenes is 1. The molecule has 3 nitrogen and oxygen atoms in total. The minimum atomic E-state index is -0.294. The van der Waals surface area contributed by atoms with Gasteiger partial charge in [-0.05, 0) is 29.8 Å². The predicted octanol–water partition coefficient (Wildman–Crippen LogP) is 5.78. The van der Waals surface area contributed by atoms with Crippen molar-refractivity contribution in [1.29, 1.82) is 0 Å². The molecule has 1 heterocycles. The van der Waals surface area contributed by atoms with Crippen molar-refractivity contribution in [2.24, 2.45) is 0 Å². The number of rotatable bonds is 6. The Bertz CT molecular complexity index is 933. The number of ether oxygens (including phenoxy) is 1. The van der Waals surface area contributed by atoms with Crippen molar-refractivity contribution in [3.63, 3.8) is 0 Å². The maximum Gasteiger partial charge on any atom is 0.102 e. The highest BCUT2D eigenvalue weighted by Crippen LogP contribution is 2.31. The second-order valence-electron chi connectivity index (χ2n) is 5.68. The highest BCUT2D eigenvalue weighted by Gasteiger charge is 2.17. The molecule has 3 aromatic rings. The van der Waals surface area contributed by atoms with Gasteiger partial charge in [-0.25, -0.2) is 4.98 Å². The van der Waals surface area contributed by atoms with Crippen LogP contribution in [-0.4, -0.2) is 9.55 Å². The maximum absolute atomic E-state index is 6.38.